The van der Waals surface area contributed by atoms with Gasteiger partial charge in [-0.1, -0.05) is 22.0 Å². The van der Waals surface area contributed by atoms with Crippen LogP contribution in [0, 0.1) is 17.5 Å². The van der Waals surface area contributed by atoms with Crippen molar-refractivity contribution >= 4 is 27.7 Å². The van der Waals surface area contributed by atoms with Crippen LogP contribution in [-0.4, -0.2) is 0 Å². The Balaban J connectivity index is 2.11. The molecule has 18 heavy (non-hydrogen) atoms. The number of rotatable bonds is 3. The minimum absolute atomic E-state index is 0.330. The fourth-order valence-electron chi connectivity index (χ4n) is 1.39. The molecule has 0 amide bonds. The summed E-state index contributed by atoms with van der Waals surface area (Å²) in [4.78, 5) is 0.368. The second kappa shape index (κ2) is 5.80. The molecule has 0 spiro atoms. The van der Waals surface area contributed by atoms with Crippen LogP contribution in [0.15, 0.2) is 45.8 Å². The molecule has 2 aromatic carbocycles. The molecule has 5 heteroatoms. The molecule has 2 rings (SSSR count). The van der Waals surface area contributed by atoms with Crippen LogP contribution >= 0.6 is 27.7 Å². The van der Waals surface area contributed by atoms with E-state index in [2.05, 4.69) is 15.9 Å². The first-order valence-electron chi connectivity index (χ1n) is 5.08. The molecule has 94 valence electrons. The summed E-state index contributed by atoms with van der Waals surface area (Å²) >= 11 is 4.48. The third kappa shape index (κ3) is 3.29. The lowest BCUT2D eigenvalue weighted by Gasteiger charge is -2.05. The van der Waals surface area contributed by atoms with Crippen LogP contribution in [0.25, 0.3) is 0 Å². The fraction of sp³-hybridized carbons (Fsp3) is 0.0769. The quantitative estimate of drug-likeness (QED) is 0.699. The molecule has 0 N–H and O–H groups in total. The van der Waals surface area contributed by atoms with Crippen LogP contribution in [0.5, 0.6) is 0 Å². The molecule has 0 aliphatic carbocycles. The van der Waals surface area contributed by atoms with Crippen molar-refractivity contribution in [2.45, 2.75) is 10.6 Å². The van der Waals surface area contributed by atoms with Crippen LogP contribution in [0.1, 0.15) is 5.56 Å². The first-order valence-corrected chi connectivity index (χ1v) is 6.86. The zero-order valence-corrected chi connectivity index (χ0v) is 11.5. The monoisotopic (exact) mass is 332 g/mol. The van der Waals surface area contributed by atoms with Crippen molar-refractivity contribution in [1.29, 1.82) is 0 Å². The highest BCUT2D eigenvalue weighted by Gasteiger charge is 2.07. The normalized spacial score (nSPS) is 10.7. The second-order valence-corrected chi connectivity index (χ2v) is 5.47. The van der Waals surface area contributed by atoms with Crippen LogP contribution in [-0.2, 0) is 5.75 Å². The van der Waals surface area contributed by atoms with Gasteiger partial charge in [-0.15, -0.1) is 11.8 Å². The number of hydrogen-bond acceptors (Lipinski definition) is 1. The summed E-state index contributed by atoms with van der Waals surface area (Å²) in [7, 11) is 0. The maximum absolute atomic E-state index is 13.4. The lowest BCUT2D eigenvalue weighted by molar-refractivity contribution is 0.565. The van der Waals surface area contributed by atoms with Crippen LogP contribution in [0.4, 0.5) is 13.2 Å². The summed E-state index contributed by atoms with van der Waals surface area (Å²) < 4.78 is 39.6. The van der Waals surface area contributed by atoms with Gasteiger partial charge in [0.1, 0.15) is 17.5 Å². The average molecular weight is 333 g/mol. The number of benzene rings is 2. The van der Waals surface area contributed by atoms with Gasteiger partial charge in [0.15, 0.2) is 0 Å². The number of hydrogen-bond donors (Lipinski definition) is 0. The van der Waals surface area contributed by atoms with Crippen LogP contribution in [0.3, 0.4) is 0 Å². The Kier molecular flexibility index (Phi) is 4.35. The Hall–Kier alpha value is -0.940. The standard InChI is InChI=1S/C13H8BrF3S/c14-11-5-9(15)2-1-8(11)7-18-13-4-3-10(16)6-12(13)17/h1-6H,7H2. The molecule has 0 aromatic heterocycles. The predicted molar refractivity (Wildman–Crippen MR) is 70.0 cm³/mol. The fourth-order valence-corrected chi connectivity index (χ4v) is 2.99. The van der Waals surface area contributed by atoms with Crippen molar-refractivity contribution in [2.75, 3.05) is 0 Å². The van der Waals surface area contributed by atoms with E-state index in [4.69, 9.17) is 0 Å². The Bertz CT molecular complexity index is 521. The maximum atomic E-state index is 13.4. The minimum Gasteiger partial charge on any atom is -0.207 e. The predicted octanol–water partition coefficient (Wildman–Crippen LogP) is 5.16. The molecule has 0 aliphatic rings. The van der Waals surface area contributed by atoms with E-state index in [0.29, 0.717) is 15.1 Å². The lowest BCUT2D eigenvalue weighted by Crippen LogP contribution is -1.87. The van der Waals surface area contributed by atoms with Gasteiger partial charge in [0.05, 0.1) is 0 Å². The molecular weight excluding hydrogens is 325 g/mol. The molecule has 0 saturated carbocycles. The summed E-state index contributed by atoms with van der Waals surface area (Å²) in [5.74, 6) is -1.04. The molecule has 0 bridgehead atoms. The van der Waals surface area contributed by atoms with Gasteiger partial charge in [-0.3, -0.25) is 0 Å². The van der Waals surface area contributed by atoms with Gasteiger partial charge in [-0.05, 0) is 29.8 Å². The Morgan fingerprint density at radius 2 is 1.61 bits per heavy atom. The van der Waals surface area contributed by atoms with Gasteiger partial charge in [0, 0.05) is 21.2 Å². The first-order chi connectivity index (χ1) is 8.56. The van der Waals surface area contributed by atoms with E-state index in [0.717, 1.165) is 11.6 Å². The Labute approximate surface area is 115 Å². The van der Waals surface area contributed by atoms with Gasteiger partial charge in [-0.25, -0.2) is 13.2 Å². The molecule has 0 nitrogen and oxygen atoms in total. The van der Waals surface area contributed by atoms with E-state index in [-0.39, 0.29) is 5.82 Å². The molecule has 0 aliphatic heterocycles. The zero-order chi connectivity index (χ0) is 13.1. The van der Waals surface area contributed by atoms with E-state index in [1.54, 1.807) is 6.07 Å². The van der Waals surface area contributed by atoms with Crippen molar-refractivity contribution in [1.82, 2.24) is 0 Å². The summed E-state index contributed by atoms with van der Waals surface area (Å²) in [6.07, 6.45) is 0. The van der Waals surface area contributed by atoms with Crippen LogP contribution in [0.2, 0.25) is 0 Å². The zero-order valence-electron chi connectivity index (χ0n) is 9.09. The third-order valence-corrected chi connectivity index (χ3v) is 4.13. The smallest absolute Gasteiger partial charge is 0.139 e. The highest BCUT2D eigenvalue weighted by atomic mass is 79.9. The first kappa shape index (κ1) is 13.5. The highest BCUT2D eigenvalue weighted by Crippen LogP contribution is 2.29. The van der Waals surface area contributed by atoms with Gasteiger partial charge < -0.3 is 0 Å². The van der Waals surface area contributed by atoms with Crippen molar-refractivity contribution < 1.29 is 13.2 Å². The SMILES string of the molecule is Fc1ccc(SCc2ccc(F)cc2Br)c(F)c1. The highest BCUT2D eigenvalue weighted by molar-refractivity contribution is 9.10. The van der Waals surface area contributed by atoms with Gasteiger partial charge in [-0.2, -0.15) is 0 Å². The summed E-state index contributed by atoms with van der Waals surface area (Å²) in [5.41, 5.74) is 0.852. The molecule has 2 aromatic rings. The van der Waals surface area contributed by atoms with Crippen molar-refractivity contribution in [2.24, 2.45) is 0 Å². The van der Waals surface area contributed by atoms with Gasteiger partial charge in [0.25, 0.3) is 0 Å². The number of halogens is 4. The van der Waals surface area contributed by atoms with Crippen LogP contribution < -0.4 is 0 Å². The molecule has 0 unspecified atom stereocenters. The van der Waals surface area contributed by atoms with Gasteiger partial charge >= 0.3 is 0 Å². The van der Waals surface area contributed by atoms with E-state index in [9.17, 15) is 13.2 Å². The van der Waals surface area contributed by atoms with Crippen molar-refractivity contribution in [3.05, 3.63) is 63.9 Å². The molecule has 0 saturated heterocycles. The van der Waals surface area contributed by atoms with Gasteiger partial charge in [0.2, 0.25) is 0 Å². The average Bonchev–Trinajstić information content (AvgIpc) is 2.30. The molecule has 0 heterocycles. The molecule has 0 radical (unpaired) electrons. The van der Waals surface area contributed by atoms with E-state index in [1.165, 1.54) is 36.0 Å². The van der Waals surface area contributed by atoms with Crippen molar-refractivity contribution in [3.63, 3.8) is 0 Å². The Morgan fingerprint density at radius 1 is 0.944 bits per heavy atom. The topological polar surface area (TPSA) is 0 Å². The summed E-state index contributed by atoms with van der Waals surface area (Å²) in [6, 6.07) is 7.80. The van der Waals surface area contributed by atoms with Crippen molar-refractivity contribution in [3.8, 4) is 0 Å². The lowest BCUT2D eigenvalue weighted by atomic mass is 10.2. The maximum Gasteiger partial charge on any atom is 0.139 e. The second-order valence-electron chi connectivity index (χ2n) is 3.60. The van der Waals surface area contributed by atoms with E-state index < -0.39 is 11.6 Å². The molecular formula is C13H8BrF3S. The summed E-state index contributed by atoms with van der Waals surface area (Å²) in [6.45, 7) is 0. The Morgan fingerprint density at radius 3 is 2.28 bits per heavy atom. The molecule has 0 atom stereocenters. The molecule has 0 fully saturated rings. The van der Waals surface area contributed by atoms with E-state index in [1.807, 2.05) is 0 Å². The van der Waals surface area contributed by atoms with E-state index >= 15 is 0 Å². The third-order valence-electron chi connectivity index (χ3n) is 2.29. The minimum atomic E-state index is -0.597. The number of thioether (sulfide) groups is 1. The largest absolute Gasteiger partial charge is 0.207 e. The summed E-state index contributed by atoms with van der Waals surface area (Å²) in [5, 5.41) is 0.